The Bertz CT molecular complexity index is 462. The fourth-order valence-corrected chi connectivity index (χ4v) is 4.79. The Morgan fingerprint density at radius 1 is 1.32 bits per heavy atom. The first kappa shape index (κ1) is 13.4. The maximum absolute atomic E-state index is 5.29. The highest BCUT2D eigenvalue weighted by atomic mass is 79.9. The molecule has 0 radical (unpaired) electrons. The van der Waals surface area contributed by atoms with E-state index in [0.717, 1.165) is 28.0 Å². The lowest BCUT2D eigenvalue weighted by Gasteiger charge is -2.31. The molecule has 4 unspecified atom stereocenters. The Hall–Kier alpha value is -0.540. The Balaban J connectivity index is 1.86. The van der Waals surface area contributed by atoms with Crippen molar-refractivity contribution in [2.75, 3.05) is 14.2 Å². The smallest absolute Gasteiger partial charge is 0.120 e. The van der Waals surface area contributed by atoms with Crippen LogP contribution >= 0.6 is 15.9 Å². The summed E-state index contributed by atoms with van der Waals surface area (Å²) in [6.45, 7) is 0. The molecule has 4 atom stereocenters. The van der Waals surface area contributed by atoms with Crippen LogP contribution in [-0.4, -0.2) is 14.2 Å². The van der Waals surface area contributed by atoms with Crippen molar-refractivity contribution in [3.8, 4) is 5.75 Å². The molecule has 19 heavy (non-hydrogen) atoms. The molecule has 2 bridgehead atoms. The summed E-state index contributed by atoms with van der Waals surface area (Å²) in [4.78, 5) is 0. The normalized spacial score (nSPS) is 30.6. The zero-order chi connectivity index (χ0) is 13.4. The number of ether oxygens (including phenoxy) is 1. The third-order valence-corrected chi connectivity index (χ3v) is 5.76. The first-order chi connectivity index (χ1) is 9.22. The first-order valence-electron chi connectivity index (χ1n) is 7.23. The van der Waals surface area contributed by atoms with Gasteiger partial charge in [-0.3, -0.25) is 0 Å². The van der Waals surface area contributed by atoms with Crippen LogP contribution in [-0.2, 0) is 0 Å². The summed E-state index contributed by atoms with van der Waals surface area (Å²) in [5.74, 6) is 3.63. The lowest BCUT2D eigenvalue weighted by molar-refractivity contribution is 0.259. The topological polar surface area (TPSA) is 21.3 Å². The number of benzene rings is 1. The predicted molar refractivity (Wildman–Crippen MR) is 81.4 cm³/mol. The minimum atomic E-state index is 0.468. The van der Waals surface area contributed by atoms with Gasteiger partial charge in [-0.15, -0.1) is 0 Å². The van der Waals surface area contributed by atoms with Crippen LogP contribution in [0, 0.1) is 17.8 Å². The van der Waals surface area contributed by atoms with Crippen LogP contribution in [0.15, 0.2) is 22.7 Å². The third kappa shape index (κ3) is 2.43. The molecule has 0 spiro atoms. The van der Waals surface area contributed by atoms with E-state index in [1.54, 1.807) is 7.11 Å². The van der Waals surface area contributed by atoms with Gasteiger partial charge >= 0.3 is 0 Å². The lowest BCUT2D eigenvalue weighted by atomic mass is 9.80. The monoisotopic (exact) mass is 323 g/mol. The highest BCUT2D eigenvalue weighted by Crippen LogP contribution is 2.53. The van der Waals surface area contributed by atoms with E-state index < -0.39 is 0 Å². The van der Waals surface area contributed by atoms with Crippen molar-refractivity contribution in [3.05, 3.63) is 28.2 Å². The molecule has 3 heteroatoms. The average molecular weight is 324 g/mol. The number of nitrogens with one attached hydrogen (secondary N) is 1. The quantitative estimate of drug-likeness (QED) is 0.898. The Morgan fingerprint density at radius 2 is 2.16 bits per heavy atom. The standard InChI is InChI=1S/C16H22BrNO/c1-18-16(14-8-10-3-4-11(14)7-10)13-6-5-12(19-2)9-15(13)17/h5-6,9-11,14,16,18H,3-4,7-8H2,1-2H3. The van der Waals surface area contributed by atoms with Crippen LogP contribution in [0.2, 0.25) is 0 Å². The number of halogens is 1. The van der Waals surface area contributed by atoms with Crippen LogP contribution in [0.25, 0.3) is 0 Å². The van der Waals surface area contributed by atoms with Gasteiger partial charge in [-0.1, -0.05) is 28.4 Å². The molecule has 0 heterocycles. The number of rotatable bonds is 4. The van der Waals surface area contributed by atoms with Gasteiger partial charge in [0, 0.05) is 10.5 Å². The molecule has 2 aliphatic carbocycles. The van der Waals surface area contributed by atoms with E-state index in [-0.39, 0.29) is 0 Å². The molecule has 2 nitrogen and oxygen atoms in total. The second-order valence-corrected chi connectivity index (χ2v) is 6.85. The predicted octanol–water partition coefficient (Wildman–Crippen LogP) is 4.15. The molecule has 2 saturated carbocycles. The van der Waals surface area contributed by atoms with E-state index in [1.165, 1.54) is 31.2 Å². The molecule has 2 aliphatic rings. The minimum Gasteiger partial charge on any atom is -0.497 e. The first-order valence-corrected chi connectivity index (χ1v) is 8.03. The molecule has 1 N–H and O–H groups in total. The Morgan fingerprint density at radius 3 is 2.68 bits per heavy atom. The summed E-state index contributed by atoms with van der Waals surface area (Å²) < 4.78 is 6.45. The molecule has 0 aromatic heterocycles. The van der Waals surface area contributed by atoms with Gasteiger partial charge in [0.15, 0.2) is 0 Å². The summed E-state index contributed by atoms with van der Waals surface area (Å²) in [6, 6.07) is 6.82. The van der Waals surface area contributed by atoms with E-state index in [1.807, 2.05) is 0 Å². The van der Waals surface area contributed by atoms with E-state index in [9.17, 15) is 0 Å². The van der Waals surface area contributed by atoms with Gasteiger partial charge < -0.3 is 10.1 Å². The fourth-order valence-electron chi connectivity index (χ4n) is 4.19. The van der Waals surface area contributed by atoms with E-state index in [4.69, 9.17) is 4.74 Å². The maximum Gasteiger partial charge on any atom is 0.120 e. The van der Waals surface area contributed by atoms with Crippen molar-refractivity contribution in [3.63, 3.8) is 0 Å². The summed E-state index contributed by atoms with van der Waals surface area (Å²) in [7, 11) is 3.81. The zero-order valence-corrected chi connectivity index (χ0v) is 13.2. The highest BCUT2D eigenvalue weighted by molar-refractivity contribution is 9.10. The van der Waals surface area contributed by atoms with Crippen LogP contribution < -0.4 is 10.1 Å². The van der Waals surface area contributed by atoms with Gasteiger partial charge in [0.05, 0.1) is 7.11 Å². The van der Waals surface area contributed by atoms with Crippen LogP contribution in [0.1, 0.15) is 37.3 Å². The minimum absolute atomic E-state index is 0.468. The van der Waals surface area contributed by atoms with Crippen molar-refractivity contribution in [2.45, 2.75) is 31.7 Å². The van der Waals surface area contributed by atoms with Crippen LogP contribution in [0.5, 0.6) is 5.75 Å². The second kappa shape index (κ2) is 5.45. The van der Waals surface area contributed by atoms with E-state index in [2.05, 4.69) is 46.5 Å². The van der Waals surface area contributed by atoms with Crippen LogP contribution in [0.4, 0.5) is 0 Å². The third-order valence-electron chi connectivity index (χ3n) is 5.07. The number of hydrogen-bond donors (Lipinski definition) is 1. The zero-order valence-electron chi connectivity index (χ0n) is 11.7. The molecule has 1 aromatic carbocycles. The molecule has 2 fully saturated rings. The van der Waals surface area contributed by atoms with Crippen molar-refractivity contribution in [2.24, 2.45) is 17.8 Å². The fraction of sp³-hybridized carbons (Fsp3) is 0.625. The van der Waals surface area contributed by atoms with Crippen molar-refractivity contribution >= 4 is 15.9 Å². The lowest BCUT2D eigenvalue weighted by Crippen LogP contribution is -2.29. The number of methoxy groups -OCH3 is 1. The largest absolute Gasteiger partial charge is 0.497 e. The highest BCUT2D eigenvalue weighted by Gasteiger charge is 2.43. The van der Waals surface area contributed by atoms with Crippen molar-refractivity contribution in [1.29, 1.82) is 0 Å². The SMILES string of the molecule is CNC(c1ccc(OC)cc1Br)C1CC2CCC1C2. The number of fused-ring (bicyclic) bond motifs is 2. The van der Waals surface area contributed by atoms with Crippen molar-refractivity contribution in [1.82, 2.24) is 5.32 Å². The molecule has 0 aliphatic heterocycles. The Kier molecular flexibility index (Phi) is 3.86. The maximum atomic E-state index is 5.29. The second-order valence-electron chi connectivity index (χ2n) is 5.99. The van der Waals surface area contributed by atoms with Crippen molar-refractivity contribution < 1.29 is 4.74 Å². The summed E-state index contributed by atoms with van der Waals surface area (Å²) in [5.41, 5.74) is 1.38. The number of hydrogen-bond acceptors (Lipinski definition) is 2. The van der Waals surface area contributed by atoms with Gasteiger partial charge in [0.2, 0.25) is 0 Å². The van der Waals surface area contributed by atoms with Gasteiger partial charge in [0.25, 0.3) is 0 Å². The molecule has 104 valence electrons. The van der Waals surface area contributed by atoms with Crippen LogP contribution in [0.3, 0.4) is 0 Å². The molecular formula is C16H22BrNO. The summed E-state index contributed by atoms with van der Waals surface area (Å²) in [5, 5.41) is 3.55. The summed E-state index contributed by atoms with van der Waals surface area (Å²) >= 11 is 3.71. The Labute approximate surface area is 124 Å². The average Bonchev–Trinajstić information content (AvgIpc) is 3.04. The van der Waals surface area contributed by atoms with E-state index >= 15 is 0 Å². The van der Waals surface area contributed by atoms with E-state index in [0.29, 0.717) is 6.04 Å². The van der Waals surface area contributed by atoms with Gasteiger partial charge in [-0.25, -0.2) is 0 Å². The summed E-state index contributed by atoms with van der Waals surface area (Å²) in [6.07, 6.45) is 5.74. The molecule has 0 amide bonds. The van der Waals surface area contributed by atoms with Gasteiger partial charge in [-0.2, -0.15) is 0 Å². The molecule has 1 aromatic rings. The van der Waals surface area contributed by atoms with Gasteiger partial charge in [0.1, 0.15) is 5.75 Å². The molecule has 3 rings (SSSR count). The molecular weight excluding hydrogens is 302 g/mol. The molecule has 0 saturated heterocycles. The van der Waals surface area contributed by atoms with Gasteiger partial charge in [-0.05, 0) is 61.8 Å².